The van der Waals surface area contributed by atoms with Gasteiger partial charge in [0.25, 0.3) is 5.56 Å². The number of hydrogen-bond acceptors (Lipinski definition) is 3. The number of halogens is 1. The lowest BCUT2D eigenvalue weighted by Gasteiger charge is -2.09. The highest BCUT2D eigenvalue weighted by Crippen LogP contribution is 2.29. The van der Waals surface area contributed by atoms with Crippen LogP contribution in [0.25, 0.3) is 27.7 Å². The Morgan fingerprint density at radius 3 is 2.57 bits per heavy atom. The van der Waals surface area contributed by atoms with E-state index in [2.05, 4.69) is 18.8 Å². The second-order valence-corrected chi connectivity index (χ2v) is 7.47. The summed E-state index contributed by atoms with van der Waals surface area (Å²) < 4.78 is 16.8. The monoisotopic (exact) mass is 378 g/mol. The Morgan fingerprint density at radius 2 is 1.89 bits per heavy atom. The highest BCUT2D eigenvalue weighted by Gasteiger charge is 2.17. The number of hydrogen-bond donors (Lipinski definition) is 0. The fourth-order valence-corrected chi connectivity index (χ4v) is 3.49. The molecular weight excluding hydrogens is 355 g/mol. The van der Waals surface area contributed by atoms with Crippen molar-refractivity contribution in [3.63, 3.8) is 0 Å². The highest BCUT2D eigenvalue weighted by molar-refractivity contribution is 5.86. The predicted octanol–water partition coefficient (Wildman–Crippen LogP) is 4.46. The predicted molar refractivity (Wildman–Crippen MR) is 109 cm³/mol. The average Bonchev–Trinajstić information content (AvgIpc) is 3.07. The van der Waals surface area contributed by atoms with E-state index in [9.17, 15) is 9.18 Å². The largest absolute Gasteiger partial charge is 0.315 e. The first-order valence-corrected chi connectivity index (χ1v) is 9.65. The van der Waals surface area contributed by atoms with E-state index < -0.39 is 0 Å². The Kier molecular flexibility index (Phi) is 4.71. The van der Waals surface area contributed by atoms with Gasteiger partial charge < -0.3 is 4.57 Å². The zero-order chi connectivity index (χ0) is 19.8. The quantitative estimate of drug-likeness (QED) is 0.515. The van der Waals surface area contributed by atoms with Crippen LogP contribution in [0.2, 0.25) is 0 Å². The van der Waals surface area contributed by atoms with E-state index in [1.165, 1.54) is 12.1 Å². The fraction of sp³-hybridized carbons (Fsp3) is 0.318. The maximum absolute atomic E-state index is 13.4. The van der Waals surface area contributed by atoms with Crippen molar-refractivity contribution in [1.82, 2.24) is 19.2 Å². The van der Waals surface area contributed by atoms with Gasteiger partial charge in [0.2, 0.25) is 0 Å². The number of pyridine rings is 1. The minimum absolute atomic E-state index is 0.0515. The molecule has 144 valence electrons. The van der Waals surface area contributed by atoms with E-state index in [-0.39, 0.29) is 11.4 Å². The van der Waals surface area contributed by atoms with Gasteiger partial charge >= 0.3 is 0 Å². The topological polar surface area (TPSA) is 52.2 Å². The molecule has 0 saturated heterocycles. The zero-order valence-electron chi connectivity index (χ0n) is 16.3. The molecule has 0 spiro atoms. The number of nitrogens with zero attached hydrogens (tertiary/aromatic N) is 4. The van der Waals surface area contributed by atoms with Crippen molar-refractivity contribution in [3.05, 3.63) is 64.6 Å². The maximum atomic E-state index is 13.4. The second-order valence-electron chi connectivity index (χ2n) is 7.47. The first-order chi connectivity index (χ1) is 13.5. The number of benzene rings is 1. The van der Waals surface area contributed by atoms with Crippen molar-refractivity contribution in [1.29, 1.82) is 0 Å². The van der Waals surface area contributed by atoms with Crippen LogP contribution < -0.4 is 5.56 Å². The first-order valence-electron chi connectivity index (χ1n) is 9.65. The summed E-state index contributed by atoms with van der Waals surface area (Å²) in [5.74, 6) is 0.248. The Bertz CT molecular complexity index is 1210. The fourth-order valence-electron chi connectivity index (χ4n) is 3.49. The van der Waals surface area contributed by atoms with E-state index in [1.54, 1.807) is 27.4 Å². The second kappa shape index (κ2) is 7.19. The van der Waals surface area contributed by atoms with Crippen molar-refractivity contribution in [2.24, 2.45) is 5.92 Å². The number of rotatable bonds is 5. The van der Waals surface area contributed by atoms with Gasteiger partial charge in [-0.2, -0.15) is 5.10 Å². The minimum Gasteiger partial charge on any atom is -0.315 e. The van der Waals surface area contributed by atoms with E-state index in [4.69, 9.17) is 5.10 Å². The van der Waals surface area contributed by atoms with Crippen LogP contribution in [0, 0.1) is 11.7 Å². The van der Waals surface area contributed by atoms with Crippen LogP contribution in [0.5, 0.6) is 0 Å². The summed E-state index contributed by atoms with van der Waals surface area (Å²) in [7, 11) is 0. The third kappa shape index (κ3) is 3.09. The van der Waals surface area contributed by atoms with Gasteiger partial charge in [-0.3, -0.25) is 4.79 Å². The van der Waals surface area contributed by atoms with Crippen LogP contribution in [0.1, 0.15) is 32.9 Å². The molecule has 0 bridgehead atoms. The molecule has 4 rings (SSSR count). The molecule has 0 aliphatic carbocycles. The van der Waals surface area contributed by atoms with Crippen molar-refractivity contribution >= 4 is 16.6 Å². The van der Waals surface area contributed by atoms with Crippen LogP contribution in [0.4, 0.5) is 4.39 Å². The summed E-state index contributed by atoms with van der Waals surface area (Å²) >= 11 is 0. The summed E-state index contributed by atoms with van der Waals surface area (Å²) in [4.78, 5) is 17.5. The van der Waals surface area contributed by atoms with Crippen molar-refractivity contribution in [2.75, 3.05) is 0 Å². The summed E-state index contributed by atoms with van der Waals surface area (Å²) in [6, 6.07) is 8.27. The Morgan fingerprint density at radius 1 is 1.14 bits per heavy atom. The molecule has 28 heavy (non-hydrogen) atoms. The van der Waals surface area contributed by atoms with Gasteiger partial charge in [-0.1, -0.05) is 32.9 Å². The van der Waals surface area contributed by atoms with E-state index in [1.807, 2.05) is 19.2 Å². The lowest BCUT2D eigenvalue weighted by molar-refractivity contribution is 0.509. The van der Waals surface area contributed by atoms with Gasteiger partial charge in [-0.15, -0.1) is 0 Å². The molecule has 3 heterocycles. The zero-order valence-corrected chi connectivity index (χ0v) is 16.3. The minimum atomic E-state index is -0.279. The molecule has 4 aromatic rings. The third-order valence-corrected chi connectivity index (χ3v) is 5.07. The summed E-state index contributed by atoms with van der Waals surface area (Å²) in [6.45, 7) is 6.99. The van der Waals surface area contributed by atoms with Crippen LogP contribution >= 0.6 is 0 Å². The molecule has 0 radical (unpaired) electrons. The number of aromatic nitrogens is 4. The molecule has 5 nitrogen and oxygen atoms in total. The molecule has 0 fully saturated rings. The van der Waals surface area contributed by atoms with Gasteiger partial charge in [0.1, 0.15) is 5.82 Å². The summed E-state index contributed by atoms with van der Waals surface area (Å²) in [5.41, 5.74) is 3.98. The molecule has 0 unspecified atom stereocenters. The molecule has 0 amide bonds. The normalized spacial score (nSPS) is 11.8. The third-order valence-electron chi connectivity index (χ3n) is 5.07. The molecule has 1 aromatic carbocycles. The summed E-state index contributed by atoms with van der Waals surface area (Å²) in [6.07, 6.45) is 5.12. The lowest BCUT2D eigenvalue weighted by Crippen LogP contribution is -2.21. The molecule has 0 atom stereocenters. The first kappa shape index (κ1) is 18.3. The van der Waals surface area contributed by atoms with Crippen molar-refractivity contribution in [3.8, 4) is 11.1 Å². The SMILES string of the molecule is CCc1nn2c(ncc3c(=O)n(CCC(C)C)ccc32)c1-c1ccc(F)cc1. The molecular formula is C22H23FN4O. The molecule has 0 aliphatic rings. The van der Waals surface area contributed by atoms with Crippen LogP contribution in [0.3, 0.4) is 0 Å². The van der Waals surface area contributed by atoms with Gasteiger partial charge in [0, 0.05) is 24.5 Å². The van der Waals surface area contributed by atoms with Gasteiger partial charge in [0.15, 0.2) is 5.65 Å². The smallest absolute Gasteiger partial charge is 0.261 e. The van der Waals surface area contributed by atoms with Crippen molar-refractivity contribution < 1.29 is 4.39 Å². The average molecular weight is 378 g/mol. The van der Waals surface area contributed by atoms with Gasteiger partial charge in [-0.25, -0.2) is 13.9 Å². The lowest BCUT2D eigenvalue weighted by atomic mass is 10.0. The Balaban J connectivity index is 1.92. The molecule has 0 aliphatic heterocycles. The molecule has 3 aromatic heterocycles. The standard InChI is InChI=1S/C22H23FN4O/c1-4-18-20(15-5-7-16(23)8-6-15)21-24-13-17-19(27(21)25-18)10-12-26(22(17)28)11-9-14(2)3/h5-8,10,12-14H,4,9,11H2,1-3H3. The van der Waals surface area contributed by atoms with Crippen molar-refractivity contribution in [2.45, 2.75) is 40.2 Å². The Labute approximate surface area is 162 Å². The summed E-state index contributed by atoms with van der Waals surface area (Å²) in [5, 5.41) is 5.27. The Hall–Kier alpha value is -3.02. The molecule has 0 saturated carbocycles. The van der Waals surface area contributed by atoms with Crippen LogP contribution in [-0.2, 0) is 13.0 Å². The number of fused-ring (bicyclic) bond motifs is 3. The molecule has 0 N–H and O–H groups in total. The van der Waals surface area contributed by atoms with E-state index in [0.29, 0.717) is 29.9 Å². The van der Waals surface area contributed by atoms with Gasteiger partial charge in [-0.05, 0) is 42.5 Å². The number of aryl methyl sites for hydroxylation is 2. The van der Waals surface area contributed by atoms with Gasteiger partial charge in [0.05, 0.1) is 16.6 Å². The van der Waals surface area contributed by atoms with E-state index >= 15 is 0 Å². The van der Waals surface area contributed by atoms with Crippen LogP contribution in [0.15, 0.2) is 47.5 Å². The molecule has 6 heteroatoms. The maximum Gasteiger partial charge on any atom is 0.261 e. The van der Waals surface area contributed by atoms with Crippen LogP contribution in [-0.4, -0.2) is 19.2 Å². The van der Waals surface area contributed by atoms with E-state index in [0.717, 1.165) is 28.8 Å². The highest BCUT2D eigenvalue weighted by atomic mass is 19.1.